The number of aromatic nitrogens is 2. The van der Waals surface area contributed by atoms with E-state index in [1.807, 2.05) is 24.3 Å². The Labute approximate surface area is 344 Å². The van der Waals surface area contributed by atoms with Crippen LogP contribution in [0.3, 0.4) is 0 Å². The monoisotopic (exact) mass is 758 g/mol. The summed E-state index contributed by atoms with van der Waals surface area (Å²) in [6, 6.07) is 67.5. The van der Waals surface area contributed by atoms with Gasteiger partial charge in [-0.2, -0.15) is 0 Å². The van der Waals surface area contributed by atoms with Crippen LogP contribution in [0, 0.1) is 0 Å². The fraction of sp³-hybridized carbons (Fsp3) is 0.0545. The van der Waals surface area contributed by atoms with E-state index in [0.717, 1.165) is 61.6 Å². The van der Waals surface area contributed by atoms with Crippen LogP contribution in [0.25, 0.3) is 78.4 Å². The maximum Gasteiger partial charge on any atom is 0.178 e. The quantitative estimate of drug-likeness (QED) is 0.169. The molecule has 0 N–H and O–H groups in total. The number of fused-ring (bicyclic) bond motifs is 6. The Morgan fingerprint density at radius 3 is 1.56 bits per heavy atom. The van der Waals surface area contributed by atoms with Gasteiger partial charge in [-0.3, -0.25) is 0 Å². The van der Waals surface area contributed by atoms with Crippen molar-refractivity contribution < 1.29 is 9.47 Å². The molecule has 2 heterocycles. The van der Waals surface area contributed by atoms with Gasteiger partial charge in [0.15, 0.2) is 28.8 Å². The third kappa shape index (κ3) is 5.92. The van der Waals surface area contributed by atoms with Crippen LogP contribution in [0.15, 0.2) is 194 Å². The van der Waals surface area contributed by atoms with Crippen LogP contribution >= 0.6 is 0 Å². The van der Waals surface area contributed by atoms with E-state index in [-0.39, 0.29) is 5.41 Å². The van der Waals surface area contributed by atoms with Gasteiger partial charge in [0, 0.05) is 33.2 Å². The third-order valence-electron chi connectivity index (χ3n) is 11.8. The average molecular weight is 759 g/mol. The molecule has 59 heavy (non-hydrogen) atoms. The molecule has 0 bridgehead atoms. The predicted molar refractivity (Wildman–Crippen MR) is 239 cm³/mol. The van der Waals surface area contributed by atoms with Crippen molar-refractivity contribution in [3.05, 3.63) is 205 Å². The van der Waals surface area contributed by atoms with Crippen LogP contribution in [0.5, 0.6) is 23.0 Å². The maximum absolute atomic E-state index is 6.89. The Hall–Kier alpha value is -7.56. The number of benzene rings is 8. The van der Waals surface area contributed by atoms with Gasteiger partial charge in [0.05, 0.1) is 11.4 Å². The summed E-state index contributed by atoms with van der Waals surface area (Å²) >= 11 is 0. The zero-order chi connectivity index (χ0) is 39.5. The number of nitrogens with zero attached hydrogens (tertiary/aromatic N) is 2. The first-order chi connectivity index (χ1) is 29.0. The zero-order valence-electron chi connectivity index (χ0n) is 32.7. The van der Waals surface area contributed by atoms with Crippen molar-refractivity contribution in [2.45, 2.75) is 19.3 Å². The normalized spacial score (nSPS) is 13.0. The molecule has 11 rings (SSSR count). The van der Waals surface area contributed by atoms with E-state index in [1.54, 1.807) is 0 Å². The van der Waals surface area contributed by atoms with Gasteiger partial charge in [-0.05, 0) is 62.7 Å². The summed E-state index contributed by atoms with van der Waals surface area (Å²) < 4.78 is 13.8. The van der Waals surface area contributed by atoms with Crippen molar-refractivity contribution in [1.29, 1.82) is 0 Å². The van der Waals surface area contributed by atoms with Crippen molar-refractivity contribution in [3.8, 4) is 101 Å². The molecular weight excluding hydrogens is 721 g/mol. The summed E-state index contributed by atoms with van der Waals surface area (Å²) in [4.78, 5) is 10.5. The molecule has 0 atom stereocenters. The minimum atomic E-state index is -0.144. The molecule has 0 unspecified atom stereocenters. The molecule has 9 aromatic rings. The molecule has 0 radical (unpaired) electrons. The molecule has 0 amide bonds. The van der Waals surface area contributed by atoms with Gasteiger partial charge < -0.3 is 9.47 Å². The van der Waals surface area contributed by atoms with E-state index in [9.17, 15) is 0 Å². The Balaban J connectivity index is 1.02. The van der Waals surface area contributed by atoms with Gasteiger partial charge in [0.1, 0.15) is 0 Å². The highest BCUT2D eigenvalue weighted by Crippen LogP contribution is 2.59. The summed E-state index contributed by atoms with van der Waals surface area (Å²) in [7, 11) is 0. The lowest BCUT2D eigenvalue weighted by Gasteiger charge is -2.26. The highest BCUT2D eigenvalue weighted by atomic mass is 16.6. The summed E-state index contributed by atoms with van der Waals surface area (Å²) in [6.07, 6.45) is 0. The summed E-state index contributed by atoms with van der Waals surface area (Å²) in [6.45, 7) is 4.56. The Morgan fingerprint density at radius 2 is 0.864 bits per heavy atom. The first kappa shape index (κ1) is 34.7. The maximum atomic E-state index is 6.89. The van der Waals surface area contributed by atoms with Crippen LogP contribution < -0.4 is 9.47 Å². The fourth-order valence-corrected chi connectivity index (χ4v) is 8.77. The van der Waals surface area contributed by atoms with Gasteiger partial charge in [0.25, 0.3) is 0 Å². The van der Waals surface area contributed by atoms with Crippen LogP contribution in [0.4, 0.5) is 0 Å². The molecule has 0 saturated heterocycles. The predicted octanol–water partition coefficient (Wildman–Crippen LogP) is 14.7. The van der Waals surface area contributed by atoms with E-state index in [2.05, 4.69) is 184 Å². The second-order valence-corrected chi connectivity index (χ2v) is 15.7. The lowest BCUT2D eigenvalue weighted by molar-refractivity contribution is 0.361. The molecule has 8 aromatic carbocycles. The number of hydrogen-bond donors (Lipinski definition) is 0. The molecule has 0 fully saturated rings. The van der Waals surface area contributed by atoms with E-state index in [1.165, 1.54) is 27.8 Å². The second-order valence-electron chi connectivity index (χ2n) is 15.7. The van der Waals surface area contributed by atoms with Gasteiger partial charge in [0.2, 0.25) is 0 Å². The van der Waals surface area contributed by atoms with E-state index in [4.69, 9.17) is 19.4 Å². The smallest absolute Gasteiger partial charge is 0.178 e. The fourth-order valence-electron chi connectivity index (χ4n) is 8.77. The number of hydrogen-bond acceptors (Lipinski definition) is 4. The molecule has 0 saturated carbocycles. The molecule has 0 spiro atoms. The van der Waals surface area contributed by atoms with Gasteiger partial charge in [-0.1, -0.05) is 190 Å². The SMILES string of the molecule is CC1(C)c2ccccc2-c2c1ccc1c2Oc2cccc(-c3ccccc3-c3cc(-c4ccc(-c5ccccc5)cc4)nc(-c4ccc(-c5ccccc5)cc4)n3)c2O1. The number of ether oxygens (including phenoxy) is 2. The molecule has 1 aliphatic carbocycles. The first-order valence-electron chi connectivity index (χ1n) is 20.1. The zero-order valence-corrected chi connectivity index (χ0v) is 32.7. The van der Waals surface area contributed by atoms with Crippen molar-refractivity contribution in [2.75, 3.05) is 0 Å². The molecular formula is C55H38N2O2. The van der Waals surface area contributed by atoms with Gasteiger partial charge in [-0.15, -0.1) is 0 Å². The summed E-state index contributed by atoms with van der Waals surface area (Å²) in [5.41, 5.74) is 15.8. The Morgan fingerprint density at radius 1 is 0.356 bits per heavy atom. The van der Waals surface area contributed by atoms with Crippen LogP contribution in [0.1, 0.15) is 25.0 Å². The van der Waals surface area contributed by atoms with Crippen LogP contribution in [0.2, 0.25) is 0 Å². The van der Waals surface area contributed by atoms with E-state index in [0.29, 0.717) is 23.1 Å². The largest absolute Gasteiger partial charge is 0.449 e. The molecule has 4 nitrogen and oxygen atoms in total. The van der Waals surface area contributed by atoms with Gasteiger partial charge in [-0.25, -0.2) is 9.97 Å². The number of rotatable bonds is 6. The highest BCUT2D eigenvalue weighted by Gasteiger charge is 2.40. The van der Waals surface area contributed by atoms with Crippen molar-refractivity contribution in [2.24, 2.45) is 0 Å². The molecule has 1 aliphatic heterocycles. The second kappa shape index (κ2) is 13.8. The summed E-state index contributed by atoms with van der Waals surface area (Å²) in [5, 5.41) is 0. The van der Waals surface area contributed by atoms with Crippen molar-refractivity contribution >= 4 is 0 Å². The Bertz CT molecular complexity index is 2940. The van der Waals surface area contributed by atoms with Crippen LogP contribution in [-0.2, 0) is 5.41 Å². The lowest BCUT2D eigenvalue weighted by Crippen LogP contribution is -2.15. The van der Waals surface area contributed by atoms with E-state index >= 15 is 0 Å². The third-order valence-corrected chi connectivity index (χ3v) is 11.8. The van der Waals surface area contributed by atoms with Crippen molar-refractivity contribution in [1.82, 2.24) is 9.97 Å². The first-order valence-corrected chi connectivity index (χ1v) is 20.1. The lowest BCUT2D eigenvalue weighted by atomic mass is 9.82. The molecule has 1 aromatic heterocycles. The molecule has 2 aliphatic rings. The minimum absolute atomic E-state index is 0.144. The van der Waals surface area contributed by atoms with E-state index < -0.39 is 0 Å². The highest BCUT2D eigenvalue weighted by molar-refractivity contribution is 5.91. The molecule has 280 valence electrons. The van der Waals surface area contributed by atoms with Crippen LogP contribution in [-0.4, -0.2) is 9.97 Å². The van der Waals surface area contributed by atoms with Crippen molar-refractivity contribution in [3.63, 3.8) is 0 Å². The number of para-hydroxylation sites is 1. The summed E-state index contributed by atoms with van der Waals surface area (Å²) in [5.74, 6) is 3.49. The average Bonchev–Trinajstić information content (AvgIpc) is 3.54. The topological polar surface area (TPSA) is 44.2 Å². The standard InChI is InChI=1S/C55H38N2O2/c1-55(2)45-22-12-11-20-44(45)51-46(55)32-33-50-53(51)59-49-23-13-21-43(52(49)58-50)41-18-9-10-19-42(41)48-34-47(39-28-24-37(25-29-39)35-14-5-3-6-15-35)56-54(57-48)40-30-26-38(27-31-40)36-16-7-4-8-17-36/h3-34H,1-2H3. The Kier molecular flexibility index (Phi) is 8.12. The molecule has 4 heteroatoms. The minimum Gasteiger partial charge on any atom is -0.449 e. The van der Waals surface area contributed by atoms with Gasteiger partial charge >= 0.3 is 0 Å².